The molecule has 2 bridgehead atoms. The van der Waals surface area contributed by atoms with Gasteiger partial charge in [-0.1, -0.05) is 50.6 Å². The third kappa shape index (κ3) is 5.77. The first-order chi connectivity index (χ1) is 17.9. The van der Waals surface area contributed by atoms with E-state index in [1.54, 1.807) is 12.4 Å². The Hall–Kier alpha value is -3.45. The maximum absolute atomic E-state index is 4.69. The molecule has 3 aromatic rings. The average molecular weight is 500 g/mol. The van der Waals surface area contributed by atoms with E-state index in [1.807, 2.05) is 16.8 Å². The monoisotopic (exact) mass is 499 g/mol. The van der Waals surface area contributed by atoms with Crippen LogP contribution in [-0.2, 0) is 0 Å². The second-order valence-corrected chi connectivity index (χ2v) is 10.4. The largest absolute Gasteiger partial charge is 0.366 e. The summed E-state index contributed by atoms with van der Waals surface area (Å²) < 4.78 is 1.82. The van der Waals surface area contributed by atoms with Gasteiger partial charge in [0.15, 0.2) is 11.5 Å². The van der Waals surface area contributed by atoms with Crippen LogP contribution >= 0.6 is 0 Å². The molecule has 2 aliphatic rings. The predicted octanol–water partition coefficient (Wildman–Crippen LogP) is 6.49. The van der Waals surface area contributed by atoms with Crippen molar-refractivity contribution in [3.63, 3.8) is 0 Å². The minimum absolute atomic E-state index is 0.620. The van der Waals surface area contributed by atoms with Gasteiger partial charge in [-0.15, -0.1) is 0 Å². The summed E-state index contributed by atoms with van der Waals surface area (Å²) in [7, 11) is 0. The molecule has 0 radical (unpaired) electrons. The lowest BCUT2D eigenvalue weighted by molar-refractivity contribution is 0.191. The first-order valence-corrected chi connectivity index (χ1v) is 13.4. The van der Waals surface area contributed by atoms with Crippen LogP contribution < -0.4 is 10.2 Å². The summed E-state index contributed by atoms with van der Waals surface area (Å²) in [6.45, 7) is 19.1. The van der Waals surface area contributed by atoms with E-state index in [9.17, 15) is 0 Å². The van der Waals surface area contributed by atoms with E-state index in [0.29, 0.717) is 29.6 Å². The van der Waals surface area contributed by atoms with Crippen LogP contribution in [0.25, 0.3) is 11.2 Å². The third-order valence-corrected chi connectivity index (χ3v) is 6.75. The number of rotatable bonds is 7. The van der Waals surface area contributed by atoms with Crippen molar-refractivity contribution in [3.8, 4) is 0 Å². The number of piperazine rings is 1. The Morgan fingerprint density at radius 2 is 1.84 bits per heavy atom. The quantitative estimate of drug-likeness (QED) is 0.375. The van der Waals surface area contributed by atoms with Gasteiger partial charge in [0.25, 0.3) is 0 Å². The van der Waals surface area contributed by atoms with E-state index >= 15 is 0 Å². The summed E-state index contributed by atoms with van der Waals surface area (Å²) in [6.07, 6.45) is 11.7. The van der Waals surface area contributed by atoms with Crippen molar-refractivity contribution in [2.24, 2.45) is 0 Å². The molecule has 2 saturated heterocycles. The summed E-state index contributed by atoms with van der Waals surface area (Å²) >= 11 is 0. The molecule has 37 heavy (non-hydrogen) atoms. The molecular formula is C30H41N7. The van der Waals surface area contributed by atoms with Gasteiger partial charge >= 0.3 is 0 Å². The summed E-state index contributed by atoms with van der Waals surface area (Å²) in [4.78, 5) is 14.4. The molecule has 5 rings (SSSR count). The van der Waals surface area contributed by atoms with Crippen LogP contribution in [0.3, 0.4) is 0 Å². The molecule has 0 spiro atoms. The lowest BCUT2D eigenvalue weighted by atomic mass is 10.1. The molecule has 2 atom stereocenters. The Morgan fingerprint density at radius 3 is 2.43 bits per heavy atom. The fourth-order valence-electron chi connectivity index (χ4n) is 5.27. The van der Waals surface area contributed by atoms with Crippen molar-refractivity contribution >= 4 is 28.4 Å². The highest BCUT2D eigenvalue weighted by atomic mass is 15.4. The van der Waals surface area contributed by atoms with Gasteiger partial charge < -0.3 is 10.2 Å². The maximum atomic E-state index is 4.69. The molecule has 2 aliphatic heterocycles. The number of allylic oxidation sites excluding steroid dienone is 5. The standard InChI is InChI=1S/C27H33N7.C3H8/c1-6-7-20(12-18(2)3)25-14-28-26(27-29-17-30-34(25)27)31-21-8-10-22(11-9-21)33-16-23-13-24(33)15-32(23)19(4)5;1-3-2/h6-12,14,17,19,23-24H,1,13,15-16H2,2-5H3,(H,28,31);3H2,1-2H3/b20-7+;. The van der Waals surface area contributed by atoms with Crippen LogP contribution in [0, 0.1) is 0 Å². The molecule has 2 aromatic heterocycles. The van der Waals surface area contributed by atoms with Crippen molar-refractivity contribution in [1.82, 2.24) is 24.5 Å². The lowest BCUT2D eigenvalue weighted by Crippen LogP contribution is -2.48. The number of nitrogens with one attached hydrogen (secondary N) is 1. The van der Waals surface area contributed by atoms with Gasteiger partial charge in [0.1, 0.15) is 6.33 Å². The number of likely N-dealkylation sites (tertiary alicyclic amines) is 1. The second-order valence-electron chi connectivity index (χ2n) is 10.4. The highest BCUT2D eigenvalue weighted by molar-refractivity contribution is 5.78. The number of fused-ring (bicyclic) bond motifs is 3. The summed E-state index contributed by atoms with van der Waals surface area (Å²) in [5, 5.41) is 7.88. The molecule has 4 heterocycles. The topological polar surface area (TPSA) is 61.6 Å². The molecule has 196 valence electrons. The number of benzene rings is 1. The highest BCUT2D eigenvalue weighted by Gasteiger charge is 2.43. The van der Waals surface area contributed by atoms with E-state index in [0.717, 1.165) is 23.5 Å². The average Bonchev–Trinajstić information content (AvgIpc) is 3.61. The van der Waals surface area contributed by atoms with Gasteiger partial charge in [0.05, 0.1) is 11.9 Å². The fraction of sp³-hybridized carbons (Fsp3) is 0.433. The smallest absolute Gasteiger partial charge is 0.199 e. The molecular weight excluding hydrogens is 458 g/mol. The molecule has 0 aliphatic carbocycles. The normalized spacial score (nSPS) is 19.2. The number of hydrogen-bond acceptors (Lipinski definition) is 6. The van der Waals surface area contributed by atoms with Crippen molar-refractivity contribution in [2.45, 2.75) is 72.5 Å². The van der Waals surface area contributed by atoms with E-state index in [1.165, 1.54) is 30.6 Å². The summed E-state index contributed by atoms with van der Waals surface area (Å²) in [5.74, 6) is 0.678. The number of nitrogens with zero attached hydrogens (tertiary/aromatic N) is 6. The Labute approximate surface area is 221 Å². The minimum Gasteiger partial charge on any atom is -0.366 e. The molecule has 2 fully saturated rings. The molecule has 7 nitrogen and oxygen atoms in total. The maximum Gasteiger partial charge on any atom is 0.199 e. The van der Waals surface area contributed by atoms with Crippen molar-refractivity contribution in [1.29, 1.82) is 0 Å². The van der Waals surface area contributed by atoms with Crippen LogP contribution in [0.5, 0.6) is 0 Å². The first-order valence-electron chi connectivity index (χ1n) is 13.4. The van der Waals surface area contributed by atoms with Crippen molar-refractivity contribution in [2.75, 3.05) is 23.3 Å². The Kier molecular flexibility index (Phi) is 8.44. The van der Waals surface area contributed by atoms with Crippen molar-refractivity contribution < 1.29 is 0 Å². The van der Waals surface area contributed by atoms with E-state index in [-0.39, 0.29) is 0 Å². The first kappa shape index (κ1) is 26.6. The van der Waals surface area contributed by atoms with Gasteiger partial charge in [-0.2, -0.15) is 5.10 Å². The molecule has 1 N–H and O–H groups in total. The van der Waals surface area contributed by atoms with Gasteiger partial charge in [0, 0.05) is 48.2 Å². The Balaban J connectivity index is 0.00000102. The number of anilines is 3. The minimum atomic E-state index is 0.620. The second kappa shape index (κ2) is 11.7. The van der Waals surface area contributed by atoms with Crippen LogP contribution in [0.1, 0.15) is 60.1 Å². The van der Waals surface area contributed by atoms with Gasteiger partial charge in [0.2, 0.25) is 0 Å². The lowest BCUT2D eigenvalue weighted by Gasteiger charge is -2.37. The summed E-state index contributed by atoms with van der Waals surface area (Å²) in [6, 6.07) is 10.6. The Morgan fingerprint density at radius 1 is 1.11 bits per heavy atom. The van der Waals surface area contributed by atoms with E-state index < -0.39 is 0 Å². The molecule has 0 amide bonds. The highest BCUT2D eigenvalue weighted by Crippen LogP contribution is 2.36. The van der Waals surface area contributed by atoms with Crippen LogP contribution in [-0.4, -0.2) is 55.7 Å². The zero-order chi connectivity index (χ0) is 26.5. The molecule has 0 saturated carbocycles. The van der Waals surface area contributed by atoms with Gasteiger partial charge in [-0.05, 0) is 58.4 Å². The van der Waals surface area contributed by atoms with Crippen LogP contribution in [0.4, 0.5) is 17.2 Å². The van der Waals surface area contributed by atoms with Gasteiger partial charge in [-0.3, -0.25) is 4.90 Å². The summed E-state index contributed by atoms with van der Waals surface area (Å²) in [5.41, 5.74) is 6.00. The van der Waals surface area contributed by atoms with E-state index in [4.69, 9.17) is 0 Å². The fourth-order valence-corrected chi connectivity index (χ4v) is 5.27. The SMILES string of the molecule is C=C/C=C(\C=C(C)C)c1cnc(Nc2ccc(N3CC4CC3CN4C(C)C)cc2)c2ncnn12.CCC. The third-order valence-electron chi connectivity index (χ3n) is 6.75. The Bertz CT molecular complexity index is 1260. The molecule has 1 aromatic carbocycles. The van der Waals surface area contributed by atoms with Gasteiger partial charge in [-0.25, -0.2) is 14.5 Å². The number of hydrogen-bond donors (Lipinski definition) is 1. The molecule has 2 unspecified atom stereocenters. The predicted molar refractivity (Wildman–Crippen MR) is 155 cm³/mol. The van der Waals surface area contributed by atoms with Crippen molar-refractivity contribution in [3.05, 3.63) is 72.9 Å². The van der Waals surface area contributed by atoms with Crippen LogP contribution in [0.2, 0.25) is 0 Å². The molecule has 7 heteroatoms. The van der Waals surface area contributed by atoms with Crippen LogP contribution in [0.15, 0.2) is 67.2 Å². The zero-order valence-electron chi connectivity index (χ0n) is 23.1. The van der Waals surface area contributed by atoms with E-state index in [2.05, 4.69) is 109 Å². The zero-order valence-corrected chi connectivity index (χ0v) is 23.1. The number of aromatic nitrogens is 4.